The molecule has 3 aromatic rings. The molecule has 0 saturated heterocycles. The maximum atomic E-state index is 13.2. The van der Waals surface area contributed by atoms with Crippen molar-refractivity contribution in [3.05, 3.63) is 71.8 Å². The molecule has 1 aromatic heterocycles. The number of anilines is 1. The van der Waals surface area contributed by atoms with Gasteiger partial charge in [0.05, 0.1) is 36.8 Å². The van der Waals surface area contributed by atoms with E-state index in [2.05, 4.69) is 10.4 Å². The number of nitrogens with zero attached hydrogens (tertiary/aromatic N) is 3. The fraction of sp³-hybridized carbons (Fsp3) is 0.227. The minimum atomic E-state index is -0.345. The van der Waals surface area contributed by atoms with Crippen LogP contribution in [0.25, 0.3) is 5.69 Å². The number of carbonyl (C=O) groups excluding carboxylic acids is 2. The van der Waals surface area contributed by atoms with E-state index in [4.69, 9.17) is 4.74 Å². The number of amides is 2. The zero-order chi connectivity index (χ0) is 21.7. The Kier molecular flexibility index (Phi) is 6.46. The first-order valence-corrected chi connectivity index (χ1v) is 9.45. The van der Waals surface area contributed by atoms with Gasteiger partial charge in [0.25, 0.3) is 5.91 Å². The second kappa shape index (κ2) is 9.21. The lowest BCUT2D eigenvalue weighted by Gasteiger charge is -2.17. The zero-order valence-corrected chi connectivity index (χ0v) is 17.1. The molecule has 1 N–H and O–H groups in total. The Hall–Kier alpha value is -3.68. The van der Waals surface area contributed by atoms with Crippen molar-refractivity contribution in [2.75, 3.05) is 26.0 Å². The Morgan fingerprint density at radius 1 is 1.13 bits per heavy atom. The number of nitrogens with one attached hydrogen (secondary N) is 1. The van der Waals surface area contributed by atoms with E-state index in [1.54, 1.807) is 55.2 Å². The maximum Gasteiger partial charge on any atom is 0.257 e. The van der Waals surface area contributed by atoms with Gasteiger partial charge in [-0.15, -0.1) is 0 Å². The average Bonchev–Trinajstić information content (AvgIpc) is 3.18. The van der Waals surface area contributed by atoms with Crippen LogP contribution in [0.1, 0.15) is 23.0 Å². The molecular weight excluding hydrogens is 387 g/mol. The Morgan fingerprint density at radius 2 is 1.80 bits per heavy atom. The van der Waals surface area contributed by atoms with Gasteiger partial charge in [-0.3, -0.25) is 9.59 Å². The van der Waals surface area contributed by atoms with Crippen molar-refractivity contribution < 1.29 is 18.7 Å². The number of halogens is 1. The molecule has 1 heterocycles. The highest BCUT2D eigenvalue weighted by atomic mass is 19.1. The lowest BCUT2D eigenvalue weighted by molar-refractivity contribution is -0.116. The largest absolute Gasteiger partial charge is 0.497 e. The predicted octanol–water partition coefficient (Wildman–Crippen LogP) is 3.29. The number of carbonyl (C=O) groups is 2. The van der Waals surface area contributed by atoms with Gasteiger partial charge >= 0.3 is 0 Å². The number of benzene rings is 2. The lowest BCUT2D eigenvalue weighted by atomic mass is 10.1. The third kappa shape index (κ3) is 4.65. The Bertz CT molecular complexity index is 1030. The molecule has 0 unspecified atom stereocenters. The predicted molar refractivity (Wildman–Crippen MR) is 111 cm³/mol. The van der Waals surface area contributed by atoms with E-state index < -0.39 is 0 Å². The summed E-state index contributed by atoms with van der Waals surface area (Å²) in [6.45, 7) is 1.79. The zero-order valence-electron chi connectivity index (χ0n) is 17.1. The summed E-state index contributed by atoms with van der Waals surface area (Å²) in [5.41, 5.74) is 2.36. The highest BCUT2D eigenvalue weighted by Gasteiger charge is 2.22. The van der Waals surface area contributed by atoms with Crippen LogP contribution >= 0.6 is 0 Å². The second-order valence-electron chi connectivity index (χ2n) is 6.68. The minimum absolute atomic E-state index is 0.115. The Morgan fingerprint density at radius 3 is 2.40 bits per heavy atom. The van der Waals surface area contributed by atoms with Gasteiger partial charge in [-0.2, -0.15) is 5.10 Å². The van der Waals surface area contributed by atoms with Gasteiger partial charge < -0.3 is 15.0 Å². The third-order valence-corrected chi connectivity index (χ3v) is 4.61. The molecule has 0 aliphatic rings. The van der Waals surface area contributed by atoms with Gasteiger partial charge in [0, 0.05) is 12.7 Å². The molecule has 2 aromatic carbocycles. The molecule has 0 fully saturated rings. The molecule has 0 saturated carbocycles. The molecule has 0 aliphatic carbocycles. The number of ether oxygens (including phenoxy) is 1. The maximum absolute atomic E-state index is 13.2. The smallest absolute Gasteiger partial charge is 0.257 e. The number of likely N-dealkylation sites (N-methyl/N-ethyl adjacent to an activating group) is 1. The fourth-order valence-corrected chi connectivity index (χ4v) is 3.07. The van der Waals surface area contributed by atoms with Gasteiger partial charge in [-0.25, -0.2) is 9.07 Å². The standard InChI is InChI=1S/C22H23FN4O3/c1-4-20-19(13-24-27(20)17-9-5-15(23)6-10-17)22(29)26(2)14-21(28)25-16-7-11-18(30-3)12-8-16/h5-13H,4,14H2,1-3H3,(H,25,28). The Labute approximate surface area is 174 Å². The normalized spacial score (nSPS) is 10.5. The van der Waals surface area contributed by atoms with E-state index in [1.165, 1.54) is 23.2 Å². The number of rotatable bonds is 7. The summed E-state index contributed by atoms with van der Waals surface area (Å²) in [5.74, 6) is -0.293. The molecule has 0 aliphatic heterocycles. The summed E-state index contributed by atoms with van der Waals surface area (Å²) in [6, 6.07) is 12.8. The van der Waals surface area contributed by atoms with Crippen LogP contribution in [-0.4, -0.2) is 47.2 Å². The lowest BCUT2D eigenvalue weighted by Crippen LogP contribution is -2.35. The first kappa shape index (κ1) is 21.0. The van der Waals surface area contributed by atoms with Crippen molar-refractivity contribution in [2.24, 2.45) is 0 Å². The number of methoxy groups -OCH3 is 1. The molecule has 8 heteroatoms. The molecular formula is C22H23FN4O3. The number of aromatic nitrogens is 2. The molecule has 7 nitrogen and oxygen atoms in total. The summed E-state index contributed by atoms with van der Waals surface area (Å²) in [6.07, 6.45) is 2.02. The van der Waals surface area contributed by atoms with Crippen molar-refractivity contribution in [1.29, 1.82) is 0 Å². The number of hydrogen-bond acceptors (Lipinski definition) is 4. The van der Waals surface area contributed by atoms with Crippen LogP contribution in [0.15, 0.2) is 54.7 Å². The van der Waals surface area contributed by atoms with Crippen LogP contribution < -0.4 is 10.1 Å². The topological polar surface area (TPSA) is 76.5 Å². The molecule has 2 amide bonds. The molecule has 3 rings (SSSR count). The van der Waals surface area contributed by atoms with Crippen LogP contribution in [0, 0.1) is 5.82 Å². The van der Waals surface area contributed by atoms with Gasteiger partial charge in [0.1, 0.15) is 11.6 Å². The van der Waals surface area contributed by atoms with Crippen molar-refractivity contribution in [2.45, 2.75) is 13.3 Å². The molecule has 0 atom stereocenters. The molecule has 0 radical (unpaired) electrons. The summed E-state index contributed by atoms with van der Waals surface area (Å²) >= 11 is 0. The SMILES string of the molecule is CCc1c(C(=O)N(C)CC(=O)Nc2ccc(OC)cc2)cnn1-c1ccc(F)cc1. The van der Waals surface area contributed by atoms with Crippen molar-refractivity contribution >= 4 is 17.5 Å². The highest BCUT2D eigenvalue weighted by Crippen LogP contribution is 2.18. The van der Waals surface area contributed by atoms with Crippen LogP contribution in [-0.2, 0) is 11.2 Å². The quantitative estimate of drug-likeness (QED) is 0.649. The van der Waals surface area contributed by atoms with Crippen LogP contribution in [0.5, 0.6) is 5.75 Å². The van der Waals surface area contributed by atoms with Gasteiger partial charge in [-0.1, -0.05) is 6.92 Å². The van der Waals surface area contributed by atoms with Gasteiger partial charge in [-0.05, 0) is 55.0 Å². The van der Waals surface area contributed by atoms with Gasteiger partial charge in [0.15, 0.2) is 0 Å². The molecule has 0 bridgehead atoms. The Balaban J connectivity index is 1.70. The molecule has 0 spiro atoms. The van der Waals surface area contributed by atoms with Crippen LogP contribution in [0.2, 0.25) is 0 Å². The van der Waals surface area contributed by atoms with E-state index in [0.29, 0.717) is 34.8 Å². The van der Waals surface area contributed by atoms with E-state index in [9.17, 15) is 14.0 Å². The summed E-state index contributed by atoms with van der Waals surface area (Å²) < 4.78 is 19.9. The highest BCUT2D eigenvalue weighted by molar-refractivity contribution is 5.99. The fourth-order valence-electron chi connectivity index (χ4n) is 3.07. The van der Waals surface area contributed by atoms with E-state index in [-0.39, 0.29) is 24.2 Å². The summed E-state index contributed by atoms with van der Waals surface area (Å²) in [5, 5.41) is 7.04. The number of hydrogen-bond donors (Lipinski definition) is 1. The van der Waals surface area contributed by atoms with Crippen molar-refractivity contribution in [3.8, 4) is 11.4 Å². The first-order valence-electron chi connectivity index (χ1n) is 9.45. The molecule has 156 valence electrons. The van der Waals surface area contributed by atoms with Crippen molar-refractivity contribution in [1.82, 2.24) is 14.7 Å². The first-order chi connectivity index (χ1) is 14.4. The van der Waals surface area contributed by atoms with E-state index in [0.717, 1.165) is 0 Å². The third-order valence-electron chi connectivity index (χ3n) is 4.61. The van der Waals surface area contributed by atoms with E-state index >= 15 is 0 Å². The monoisotopic (exact) mass is 410 g/mol. The summed E-state index contributed by atoms with van der Waals surface area (Å²) in [7, 11) is 3.13. The van der Waals surface area contributed by atoms with Crippen LogP contribution in [0.4, 0.5) is 10.1 Å². The van der Waals surface area contributed by atoms with Crippen molar-refractivity contribution in [3.63, 3.8) is 0 Å². The van der Waals surface area contributed by atoms with Gasteiger partial charge in [0.2, 0.25) is 5.91 Å². The van der Waals surface area contributed by atoms with E-state index in [1.807, 2.05) is 6.92 Å². The average molecular weight is 410 g/mol. The second-order valence-corrected chi connectivity index (χ2v) is 6.68. The van der Waals surface area contributed by atoms with Crippen LogP contribution in [0.3, 0.4) is 0 Å². The molecule has 30 heavy (non-hydrogen) atoms. The minimum Gasteiger partial charge on any atom is -0.497 e. The summed E-state index contributed by atoms with van der Waals surface area (Å²) in [4.78, 5) is 26.6.